The summed E-state index contributed by atoms with van der Waals surface area (Å²) < 4.78 is 9.04. The van der Waals surface area contributed by atoms with Crippen molar-refractivity contribution in [3.63, 3.8) is 0 Å². The second-order valence-electron chi connectivity index (χ2n) is 13.3. The molecule has 0 aliphatic heterocycles. The van der Waals surface area contributed by atoms with Gasteiger partial charge in [-0.05, 0) is 57.9 Å². The molecule has 0 aliphatic rings. The molecule has 5 nitrogen and oxygen atoms in total. The Labute approximate surface area is 298 Å². The largest absolute Gasteiger partial charge is 0.456 e. The average molecular weight is 665 g/mol. The predicted octanol–water partition coefficient (Wildman–Crippen LogP) is 12.2. The van der Waals surface area contributed by atoms with Gasteiger partial charge in [0.15, 0.2) is 17.5 Å². The van der Waals surface area contributed by atoms with Crippen LogP contribution in [0.5, 0.6) is 0 Å². The lowest BCUT2D eigenvalue weighted by Crippen LogP contribution is -2.01. The van der Waals surface area contributed by atoms with E-state index in [1.807, 2.05) is 72.8 Å². The zero-order valence-electron chi connectivity index (χ0n) is 27.9. The maximum absolute atomic E-state index is 6.66. The summed E-state index contributed by atoms with van der Waals surface area (Å²) in [5.41, 5.74) is 7.53. The normalized spacial score (nSPS) is 11.8. The lowest BCUT2D eigenvalue weighted by Gasteiger charge is -2.13. The number of nitrogens with zero attached hydrogens (tertiary/aromatic N) is 4. The van der Waals surface area contributed by atoms with Crippen LogP contribution in [0.15, 0.2) is 174 Å². The Morgan fingerprint density at radius 1 is 0.385 bits per heavy atom. The van der Waals surface area contributed by atoms with Crippen LogP contribution in [0.25, 0.3) is 105 Å². The molecule has 0 amide bonds. The number of fused-ring (bicyclic) bond motifs is 8. The summed E-state index contributed by atoms with van der Waals surface area (Å²) in [6.07, 6.45) is 0. The Kier molecular flexibility index (Phi) is 6.18. The first-order valence-electron chi connectivity index (χ1n) is 17.4. The summed E-state index contributed by atoms with van der Waals surface area (Å²) in [5.74, 6) is 1.82. The van der Waals surface area contributed by atoms with Crippen LogP contribution in [-0.4, -0.2) is 19.5 Å². The fourth-order valence-electron chi connectivity index (χ4n) is 7.74. The number of aromatic nitrogens is 4. The number of hydrogen-bond acceptors (Lipinski definition) is 4. The average Bonchev–Trinajstić information content (AvgIpc) is 3.73. The van der Waals surface area contributed by atoms with Crippen molar-refractivity contribution in [3.8, 4) is 39.9 Å². The molecule has 8 aromatic carbocycles. The van der Waals surface area contributed by atoms with E-state index in [4.69, 9.17) is 19.4 Å². The van der Waals surface area contributed by atoms with E-state index in [1.54, 1.807) is 0 Å². The second-order valence-corrected chi connectivity index (χ2v) is 13.3. The van der Waals surface area contributed by atoms with Crippen LogP contribution < -0.4 is 0 Å². The molecule has 0 fully saturated rings. The highest BCUT2D eigenvalue weighted by Gasteiger charge is 2.22. The Morgan fingerprint density at radius 3 is 1.44 bits per heavy atom. The molecule has 0 saturated carbocycles. The van der Waals surface area contributed by atoms with Crippen LogP contribution in [0.2, 0.25) is 0 Å². The SMILES string of the molecule is c1ccc(-c2nc(-c3ccccc3)nc(-c3cc(-n4c5cc6ccccc6cc5c5cc6ccccc6cc54)cc4oc5ccccc5c34)n2)cc1. The van der Waals surface area contributed by atoms with Crippen molar-refractivity contribution in [2.45, 2.75) is 0 Å². The smallest absolute Gasteiger partial charge is 0.164 e. The molecule has 5 heteroatoms. The van der Waals surface area contributed by atoms with Gasteiger partial charge in [-0.1, -0.05) is 127 Å². The monoisotopic (exact) mass is 664 g/mol. The third-order valence-electron chi connectivity index (χ3n) is 10.2. The molecule has 0 saturated heterocycles. The first kappa shape index (κ1) is 28.7. The van der Waals surface area contributed by atoms with E-state index in [1.165, 1.54) is 32.3 Å². The summed E-state index contributed by atoms with van der Waals surface area (Å²) in [7, 11) is 0. The van der Waals surface area contributed by atoms with Crippen molar-refractivity contribution < 1.29 is 4.42 Å². The standard InChI is InChI=1S/C47H28N4O/c1-3-13-29(14-4-1)45-48-46(30-15-5-2-6-16-30)50-47(49-45)39-27-35(28-43-44(39)36-21-11-12-22-42(36)52-43)51-40-25-33-19-9-7-17-31(33)23-37(40)38-24-32-18-8-10-20-34(32)26-41(38)51/h1-28H. The molecule has 0 atom stereocenters. The van der Waals surface area contributed by atoms with Gasteiger partial charge in [0.25, 0.3) is 0 Å². The molecule has 11 aromatic rings. The lowest BCUT2D eigenvalue weighted by atomic mass is 10.0. The summed E-state index contributed by atoms with van der Waals surface area (Å²) in [6, 6.07) is 59.2. The van der Waals surface area contributed by atoms with E-state index >= 15 is 0 Å². The van der Waals surface area contributed by atoms with Crippen molar-refractivity contribution in [1.29, 1.82) is 0 Å². The van der Waals surface area contributed by atoms with E-state index in [9.17, 15) is 0 Å². The Balaban J connectivity index is 1.27. The van der Waals surface area contributed by atoms with Gasteiger partial charge < -0.3 is 8.98 Å². The first-order valence-corrected chi connectivity index (χ1v) is 17.4. The molecule has 3 heterocycles. The number of para-hydroxylation sites is 1. The number of rotatable bonds is 4. The molecule has 0 unspecified atom stereocenters. The summed E-state index contributed by atoms with van der Waals surface area (Å²) in [6.45, 7) is 0. The van der Waals surface area contributed by atoms with E-state index < -0.39 is 0 Å². The third kappa shape index (κ3) is 4.46. The molecular formula is C47H28N4O. The minimum atomic E-state index is 0.586. The van der Waals surface area contributed by atoms with Gasteiger partial charge in [-0.25, -0.2) is 15.0 Å². The van der Waals surface area contributed by atoms with Crippen LogP contribution in [-0.2, 0) is 0 Å². The van der Waals surface area contributed by atoms with Crippen molar-refractivity contribution in [1.82, 2.24) is 19.5 Å². The molecule has 3 aromatic heterocycles. The highest BCUT2D eigenvalue weighted by molar-refractivity contribution is 6.18. The van der Waals surface area contributed by atoms with Gasteiger partial charge in [0.05, 0.1) is 16.7 Å². The third-order valence-corrected chi connectivity index (χ3v) is 10.2. The second kappa shape index (κ2) is 11.2. The predicted molar refractivity (Wildman–Crippen MR) is 213 cm³/mol. The number of benzene rings is 8. The number of hydrogen-bond donors (Lipinski definition) is 0. The Hall–Kier alpha value is -7.11. The van der Waals surface area contributed by atoms with Gasteiger partial charge in [-0.3, -0.25) is 0 Å². The van der Waals surface area contributed by atoms with Crippen molar-refractivity contribution in [2.75, 3.05) is 0 Å². The molecule has 0 bridgehead atoms. The molecule has 0 spiro atoms. The van der Waals surface area contributed by atoms with Crippen LogP contribution in [0.1, 0.15) is 0 Å². The van der Waals surface area contributed by atoms with Gasteiger partial charge in [-0.2, -0.15) is 0 Å². The summed E-state index contributed by atoms with van der Waals surface area (Å²) in [4.78, 5) is 15.4. The summed E-state index contributed by atoms with van der Waals surface area (Å²) >= 11 is 0. The van der Waals surface area contributed by atoms with E-state index in [2.05, 4.69) is 102 Å². The van der Waals surface area contributed by atoms with E-state index in [0.29, 0.717) is 17.5 Å². The minimum absolute atomic E-state index is 0.586. The van der Waals surface area contributed by atoms with E-state index in [0.717, 1.165) is 55.3 Å². The fourth-order valence-corrected chi connectivity index (χ4v) is 7.74. The van der Waals surface area contributed by atoms with Crippen molar-refractivity contribution >= 4 is 65.3 Å². The van der Waals surface area contributed by atoms with Crippen molar-refractivity contribution in [3.05, 3.63) is 170 Å². The first-order chi connectivity index (χ1) is 25.7. The quantitative estimate of drug-likeness (QED) is 0.188. The molecule has 0 N–H and O–H groups in total. The van der Waals surface area contributed by atoms with Crippen molar-refractivity contribution in [2.24, 2.45) is 0 Å². The highest BCUT2D eigenvalue weighted by Crippen LogP contribution is 2.42. The van der Waals surface area contributed by atoms with Gasteiger partial charge in [-0.15, -0.1) is 0 Å². The van der Waals surface area contributed by atoms with Gasteiger partial charge in [0.2, 0.25) is 0 Å². The maximum atomic E-state index is 6.66. The summed E-state index contributed by atoms with van der Waals surface area (Å²) in [5, 5.41) is 9.18. The molecule has 52 heavy (non-hydrogen) atoms. The zero-order valence-corrected chi connectivity index (χ0v) is 27.9. The van der Waals surface area contributed by atoms with E-state index in [-0.39, 0.29) is 0 Å². The van der Waals surface area contributed by atoms with Gasteiger partial charge >= 0.3 is 0 Å². The lowest BCUT2D eigenvalue weighted by molar-refractivity contribution is 0.668. The Morgan fingerprint density at radius 2 is 0.865 bits per heavy atom. The van der Waals surface area contributed by atoms with Crippen LogP contribution in [0.4, 0.5) is 0 Å². The topological polar surface area (TPSA) is 56.7 Å². The van der Waals surface area contributed by atoms with Crippen LogP contribution >= 0.6 is 0 Å². The fraction of sp³-hybridized carbons (Fsp3) is 0. The molecule has 0 radical (unpaired) electrons. The zero-order chi connectivity index (χ0) is 34.2. The number of furan rings is 1. The molecular weight excluding hydrogens is 637 g/mol. The minimum Gasteiger partial charge on any atom is -0.456 e. The molecule has 11 rings (SSSR count). The maximum Gasteiger partial charge on any atom is 0.164 e. The Bertz CT molecular complexity index is 3030. The highest BCUT2D eigenvalue weighted by atomic mass is 16.3. The van der Waals surface area contributed by atoms with Gasteiger partial charge in [0.1, 0.15) is 11.2 Å². The van der Waals surface area contributed by atoms with Crippen LogP contribution in [0, 0.1) is 0 Å². The van der Waals surface area contributed by atoms with Crippen LogP contribution in [0.3, 0.4) is 0 Å². The molecule has 0 aliphatic carbocycles. The molecule has 242 valence electrons. The van der Waals surface area contributed by atoms with Gasteiger partial charge in [0, 0.05) is 44.3 Å².